The number of nitrogens with zero attached hydrogens (tertiary/aromatic N) is 3. The highest BCUT2D eigenvalue weighted by Crippen LogP contribution is 2.36. The van der Waals surface area contributed by atoms with E-state index in [-0.39, 0.29) is 17.2 Å². The van der Waals surface area contributed by atoms with E-state index in [9.17, 15) is 4.79 Å². The Bertz CT molecular complexity index is 1040. The molecule has 0 fully saturated rings. The highest BCUT2D eigenvalue weighted by atomic mass is 79.9. The summed E-state index contributed by atoms with van der Waals surface area (Å²) in [6.07, 6.45) is 1.56. The van der Waals surface area contributed by atoms with Gasteiger partial charge in [-0.1, -0.05) is 30.3 Å². The summed E-state index contributed by atoms with van der Waals surface area (Å²) in [5.74, 6) is 1.35. The lowest BCUT2D eigenvalue weighted by atomic mass is 10.2. The fraction of sp³-hybridized carbons (Fsp3) is 0.158. The van der Waals surface area contributed by atoms with Crippen LogP contribution < -0.4 is 20.5 Å². The molecule has 2 aromatic carbocycles. The molecule has 3 aromatic rings. The summed E-state index contributed by atoms with van der Waals surface area (Å²) in [7, 11) is 1.57. The zero-order valence-electron chi connectivity index (χ0n) is 15.3. The standard InChI is InChI=1S/C19H18BrN5O3/c1-3-28-17-14(20)9-12(10-15(17)27-2)11-21-24-19-22-18(26)16(23-25-19)13-7-5-4-6-8-13/h4-11H,3H2,1-2H3,(H2,22,24,25,26)/b21-11+. The number of hydrogen-bond acceptors (Lipinski definition) is 7. The molecule has 3 rings (SSSR count). The van der Waals surface area contributed by atoms with Gasteiger partial charge < -0.3 is 9.47 Å². The number of aromatic amines is 1. The van der Waals surface area contributed by atoms with Crippen molar-refractivity contribution in [1.82, 2.24) is 15.2 Å². The summed E-state index contributed by atoms with van der Waals surface area (Å²) in [5, 5.41) is 12.0. The normalized spacial score (nSPS) is 10.8. The number of benzene rings is 2. The third-order valence-electron chi connectivity index (χ3n) is 3.67. The lowest BCUT2D eigenvalue weighted by Crippen LogP contribution is -2.15. The average molecular weight is 444 g/mol. The maximum Gasteiger partial charge on any atom is 0.279 e. The highest BCUT2D eigenvalue weighted by Gasteiger charge is 2.10. The van der Waals surface area contributed by atoms with Crippen molar-refractivity contribution in [1.29, 1.82) is 0 Å². The zero-order chi connectivity index (χ0) is 19.9. The van der Waals surface area contributed by atoms with E-state index >= 15 is 0 Å². The molecule has 0 unspecified atom stereocenters. The first-order valence-electron chi connectivity index (χ1n) is 8.44. The van der Waals surface area contributed by atoms with Crippen LogP contribution in [0.2, 0.25) is 0 Å². The first-order chi connectivity index (χ1) is 13.6. The summed E-state index contributed by atoms with van der Waals surface area (Å²) >= 11 is 3.46. The highest BCUT2D eigenvalue weighted by molar-refractivity contribution is 9.10. The van der Waals surface area contributed by atoms with Crippen LogP contribution in [-0.2, 0) is 0 Å². The molecular formula is C19H18BrN5O3. The fourth-order valence-corrected chi connectivity index (χ4v) is 3.01. The predicted octanol–water partition coefficient (Wildman–Crippen LogP) is 3.45. The van der Waals surface area contributed by atoms with Gasteiger partial charge in [0.05, 0.1) is 24.4 Å². The zero-order valence-corrected chi connectivity index (χ0v) is 16.9. The Morgan fingerprint density at radius 3 is 2.71 bits per heavy atom. The van der Waals surface area contributed by atoms with Crippen LogP contribution >= 0.6 is 15.9 Å². The Balaban J connectivity index is 1.75. The van der Waals surface area contributed by atoms with Crippen LogP contribution in [0, 0.1) is 0 Å². The third-order valence-corrected chi connectivity index (χ3v) is 4.26. The second kappa shape index (κ2) is 9.14. The maximum absolute atomic E-state index is 12.2. The number of aromatic nitrogens is 3. The van der Waals surface area contributed by atoms with Gasteiger partial charge in [-0.2, -0.15) is 5.10 Å². The predicted molar refractivity (Wildman–Crippen MR) is 111 cm³/mol. The van der Waals surface area contributed by atoms with Gasteiger partial charge >= 0.3 is 0 Å². The number of halogens is 1. The molecule has 0 spiro atoms. The van der Waals surface area contributed by atoms with Gasteiger partial charge in [-0.15, -0.1) is 10.2 Å². The molecule has 28 heavy (non-hydrogen) atoms. The Morgan fingerprint density at radius 1 is 1.25 bits per heavy atom. The molecule has 2 N–H and O–H groups in total. The monoisotopic (exact) mass is 443 g/mol. The topological polar surface area (TPSA) is 101 Å². The van der Waals surface area contributed by atoms with Crippen LogP contribution in [-0.4, -0.2) is 35.1 Å². The number of hydrazone groups is 1. The minimum Gasteiger partial charge on any atom is -0.493 e. The van der Waals surface area contributed by atoms with Crippen LogP contribution in [0.4, 0.5) is 5.95 Å². The number of anilines is 1. The summed E-state index contributed by atoms with van der Waals surface area (Å²) < 4.78 is 11.7. The molecule has 8 nitrogen and oxygen atoms in total. The lowest BCUT2D eigenvalue weighted by molar-refractivity contribution is 0.309. The fourth-order valence-electron chi connectivity index (χ4n) is 2.44. The van der Waals surface area contributed by atoms with Crippen LogP contribution in [0.15, 0.2) is 56.8 Å². The second-order valence-electron chi connectivity index (χ2n) is 5.55. The molecule has 1 heterocycles. The van der Waals surface area contributed by atoms with E-state index in [1.807, 2.05) is 31.2 Å². The summed E-state index contributed by atoms with van der Waals surface area (Å²) in [4.78, 5) is 14.8. The van der Waals surface area contributed by atoms with Gasteiger partial charge in [0.1, 0.15) is 0 Å². The quantitative estimate of drug-likeness (QED) is 0.428. The molecule has 144 valence electrons. The van der Waals surface area contributed by atoms with Gasteiger partial charge in [-0.25, -0.2) is 5.43 Å². The summed E-state index contributed by atoms with van der Waals surface area (Å²) in [6, 6.07) is 12.7. The van der Waals surface area contributed by atoms with Crippen LogP contribution in [0.3, 0.4) is 0 Å². The lowest BCUT2D eigenvalue weighted by Gasteiger charge is -2.11. The smallest absolute Gasteiger partial charge is 0.279 e. The molecule has 9 heteroatoms. The van der Waals surface area contributed by atoms with Crippen molar-refractivity contribution in [3.05, 3.63) is 62.9 Å². The first kappa shape index (κ1) is 19.6. The van der Waals surface area contributed by atoms with E-state index in [1.54, 1.807) is 31.5 Å². The molecular weight excluding hydrogens is 426 g/mol. The van der Waals surface area contributed by atoms with Crippen molar-refractivity contribution < 1.29 is 9.47 Å². The molecule has 0 atom stereocenters. The van der Waals surface area contributed by atoms with Gasteiger partial charge in [0.15, 0.2) is 17.2 Å². The van der Waals surface area contributed by atoms with Gasteiger partial charge in [-0.05, 0) is 40.5 Å². The van der Waals surface area contributed by atoms with E-state index in [0.29, 0.717) is 23.7 Å². The molecule has 0 radical (unpaired) electrons. The van der Waals surface area contributed by atoms with Crippen LogP contribution in [0.5, 0.6) is 11.5 Å². The number of hydrogen-bond donors (Lipinski definition) is 2. The molecule has 0 aliphatic heterocycles. The Hall–Kier alpha value is -3.20. The van der Waals surface area contributed by atoms with E-state index in [1.165, 1.54) is 0 Å². The minimum absolute atomic E-state index is 0.137. The number of ether oxygens (including phenoxy) is 2. The van der Waals surface area contributed by atoms with E-state index < -0.39 is 0 Å². The molecule has 1 aromatic heterocycles. The summed E-state index contributed by atoms with van der Waals surface area (Å²) in [5.41, 5.74) is 4.00. The molecule has 0 amide bonds. The van der Waals surface area contributed by atoms with Crippen molar-refractivity contribution >= 4 is 28.1 Å². The van der Waals surface area contributed by atoms with Crippen molar-refractivity contribution in [2.45, 2.75) is 6.92 Å². The Morgan fingerprint density at radius 2 is 2.04 bits per heavy atom. The molecule has 0 bridgehead atoms. The number of nitrogens with one attached hydrogen (secondary N) is 2. The van der Waals surface area contributed by atoms with E-state index in [2.05, 4.69) is 41.6 Å². The number of methoxy groups -OCH3 is 1. The molecule has 0 saturated heterocycles. The van der Waals surface area contributed by atoms with E-state index in [0.717, 1.165) is 10.0 Å². The van der Waals surface area contributed by atoms with Crippen molar-refractivity contribution in [2.24, 2.45) is 5.10 Å². The van der Waals surface area contributed by atoms with E-state index in [4.69, 9.17) is 9.47 Å². The van der Waals surface area contributed by atoms with Gasteiger partial charge in [-0.3, -0.25) is 9.78 Å². The third kappa shape index (κ3) is 4.55. The van der Waals surface area contributed by atoms with Gasteiger partial charge in [0.2, 0.25) is 5.95 Å². The van der Waals surface area contributed by atoms with Crippen molar-refractivity contribution in [3.8, 4) is 22.8 Å². The summed E-state index contributed by atoms with van der Waals surface area (Å²) in [6.45, 7) is 2.42. The minimum atomic E-state index is -0.357. The maximum atomic E-state index is 12.2. The first-order valence-corrected chi connectivity index (χ1v) is 9.23. The van der Waals surface area contributed by atoms with Crippen LogP contribution in [0.1, 0.15) is 12.5 Å². The Kier molecular flexibility index (Phi) is 6.38. The van der Waals surface area contributed by atoms with Gasteiger partial charge in [0, 0.05) is 5.56 Å². The largest absolute Gasteiger partial charge is 0.493 e. The molecule has 0 saturated carbocycles. The molecule has 0 aliphatic rings. The Labute approximate surface area is 169 Å². The average Bonchev–Trinajstić information content (AvgIpc) is 2.70. The second-order valence-corrected chi connectivity index (χ2v) is 6.41. The number of H-pyrrole nitrogens is 1. The molecule has 0 aliphatic carbocycles. The van der Waals surface area contributed by atoms with Crippen LogP contribution in [0.25, 0.3) is 11.3 Å². The van der Waals surface area contributed by atoms with Crippen molar-refractivity contribution in [2.75, 3.05) is 19.1 Å². The SMILES string of the molecule is CCOc1c(Br)cc(/C=N/Nc2nnc(-c3ccccc3)c(=O)[nH]2)cc1OC. The van der Waals surface area contributed by atoms with Crippen molar-refractivity contribution in [3.63, 3.8) is 0 Å². The van der Waals surface area contributed by atoms with Gasteiger partial charge in [0.25, 0.3) is 5.56 Å². The number of rotatable bonds is 7.